The summed E-state index contributed by atoms with van der Waals surface area (Å²) in [5, 5.41) is 6.09. The Bertz CT molecular complexity index is 2770. The molecule has 0 fully saturated rings. The maximum absolute atomic E-state index is 5.15. The van der Waals surface area contributed by atoms with E-state index in [4.69, 9.17) is 15.0 Å². The van der Waals surface area contributed by atoms with Gasteiger partial charge in [0.25, 0.3) is 0 Å². The summed E-state index contributed by atoms with van der Waals surface area (Å²) in [7, 11) is 0. The van der Waals surface area contributed by atoms with Gasteiger partial charge in [-0.3, -0.25) is 0 Å². The van der Waals surface area contributed by atoms with Crippen molar-refractivity contribution in [1.29, 1.82) is 0 Å². The van der Waals surface area contributed by atoms with Crippen molar-refractivity contribution < 1.29 is 0 Å². The van der Waals surface area contributed by atoms with Crippen LogP contribution in [0.25, 0.3) is 91.2 Å². The highest BCUT2D eigenvalue weighted by atomic mass is 32.1. The Morgan fingerprint density at radius 2 is 1.04 bits per heavy atom. The van der Waals surface area contributed by atoms with Crippen LogP contribution in [0.5, 0.6) is 0 Å². The van der Waals surface area contributed by atoms with E-state index in [1.54, 1.807) is 22.7 Å². The minimum atomic E-state index is 0.664. The van der Waals surface area contributed by atoms with Gasteiger partial charge in [0.05, 0.1) is 15.9 Å². The van der Waals surface area contributed by atoms with E-state index >= 15 is 0 Å². The van der Waals surface area contributed by atoms with Crippen LogP contribution in [-0.4, -0.2) is 19.5 Å². The van der Waals surface area contributed by atoms with E-state index in [0.717, 1.165) is 27.2 Å². The number of benzene rings is 6. The number of fused-ring (bicyclic) bond motifs is 7. The lowest BCUT2D eigenvalue weighted by molar-refractivity contribution is 1.08. The highest BCUT2D eigenvalue weighted by Crippen LogP contribution is 2.39. The van der Waals surface area contributed by atoms with Crippen LogP contribution in [0.2, 0.25) is 0 Å². The van der Waals surface area contributed by atoms with Crippen molar-refractivity contribution in [2.75, 3.05) is 0 Å². The first-order chi connectivity index (χ1) is 23.3. The summed E-state index contributed by atoms with van der Waals surface area (Å²) in [6.07, 6.45) is 0. The van der Waals surface area contributed by atoms with Gasteiger partial charge in [0.1, 0.15) is 0 Å². The molecule has 0 aliphatic carbocycles. The second-order valence-electron chi connectivity index (χ2n) is 11.7. The van der Waals surface area contributed by atoms with Crippen LogP contribution in [0.1, 0.15) is 0 Å². The van der Waals surface area contributed by atoms with Crippen molar-refractivity contribution in [3.8, 4) is 39.2 Å². The van der Waals surface area contributed by atoms with Gasteiger partial charge in [-0.15, -0.1) is 22.7 Å². The largest absolute Gasteiger partial charge is 0.309 e. The predicted octanol–water partition coefficient (Wildman–Crippen LogP) is 11.6. The molecule has 0 saturated carbocycles. The van der Waals surface area contributed by atoms with Gasteiger partial charge in [0, 0.05) is 52.5 Å². The number of thiophene rings is 2. The zero-order valence-corrected chi connectivity index (χ0v) is 26.6. The molecule has 0 radical (unpaired) electrons. The SMILES string of the molecule is c1ccc(-n2c3ccccc3c3cc(-c4nc(-c5ccc6c(c5)sc5ccccc56)nc(-c5cc6ccccc6s5)n4)ccc32)cc1. The zero-order chi connectivity index (χ0) is 30.9. The number of nitrogens with zero attached hydrogens (tertiary/aromatic N) is 4. The lowest BCUT2D eigenvalue weighted by Gasteiger charge is -2.09. The highest BCUT2D eigenvalue weighted by Gasteiger charge is 2.18. The monoisotopic (exact) mass is 636 g/mol. The first-order valence-electron chi connectivity index (χ1n) is 15.5. The van der Waals surface area contributed by atoms with E-state index < -0.39 is 0 Å². The molecule has 0 unspecified atom stereocenters. The Morgan fingerprint density at radius 3 is 1.89 bits per heavy atom. The molecule has 10 aromatic rings. The van der Waals surface area contributed by atoms with Crippen LogP contribution in [-0.2, 0) is 0 Å². The summed E-state index contributed by atoms with van der Waals surface area (Å²) in [5.41, 5.74) is 5.40. The first-order valence-corrected chi connectivity index (χ1v) is 17.2. The molecular formula is C41H24N4S2. The molecule has 4 nitrogen and oxygen atoms in total. The van der Waals surface area contributed by atoms with E-state index in [-0.39, 0.29) is 0 Å². The molecule has 0 bridgehead atoms. The van der Waals surface area contributed by atoms with Gasteiger partial charge in [-0.05, 0) is 66.0 Å². The van der Waals surface area contributed by atoms with E-state index in [0.29, 0.717) is 17.5 Å². The van der Waals surface area contributed by atoms with Crippen molar-refractivity contribution in [3.63, 3.8) is 0 Å². The summed E-state index contributed by atoms with van der Waals surface area (Å²) < 4.78 is 6.05. The van der Waals surface area contributed by atoms with Gasteiger partial charge in [0.2, 0.25) is 0 Å². The Balaban J connectivity index is 1.19. The molecule has 47 heavy (non-hydrogen) atoms. The fourth-order valence-electron chi connectivity index (χ4n) is 6.67. The number of para-hydroxylation sites is 2. The molecule has 4 heterocycles. The predicted molar refractivity (Wildman–Crippen MR) is 199 cm³/mol. The average molecular weight is 637 g/mol. The number of hydrogen-bond donors (Lipinski definition) is 0. The van der Waals surface area contributed by atoms with Gasteiger partial charge in [-0.2, -0.15) is 0 Å². The third-order valence-corrected chi connectivity index (χ3v) is 11.1. The molecule has 0 atom stereocenters. The fourth-order valence-corrected chi connectivity index (χ4v) is 8.81. The molecule has 0 N–H and O–H groups in total. The number of hydrogen-bond acceptors (Lipinski definition) is 5. The molecule has 0 aliphatic rings. The van der Waals surface area contributed by atoms with Crippen molar-refractivity contribution in [2.45, 2.75) is 0 Å². The van der Waals surface area contributed by atoms with Gasteiger partial charge in [-0.1, -0.05) is 84.9 Å². The van der Waals surface area contributed by atoms with Crippen LogP contribution < -0.4 is 0 Å². The summed E-state index contributed by atoms with van der Waals surface area (Å²) in [5.74, 6) is 2.03. The smallest absolute Gasteiger partial charge is 0.174 e. The van der Waals surface area contributed by atoms with Crippen molar-refractivity contribution >= 4 is 74.7 Å². The zero-order valence-electron chi connectivity index (χ0n) is 25.0. The highest BCUT2D eigenvalue weighted by molar-refractivity contribution is 7.25. The van der Waals surface area contributed by atoms with E-state index in [1.807, 2.05) is 0 Å². The molecule has 4 aromatic heterocycles. The van der Waals surface area contributed by atoms with Gasteiger partial charge < -0.3 is 4.57 Å². The maximum Gasteiger partial charge on any atom is 0.174 e. The third-order valence-electron chi connectivity index (χ3n) is 8.86. The summed E-state index contributed by atoms with van der Waals surface area (Å²) in [4.78, 5) is 16.4. The second kappa shape index (κ2) is 10.4. The minimum Gasteiger partial charge on any atom is -0.309 e. The van der Waals surface area contributed by atoms with Crippen molar-refractivity contribution in [3.05, 3.63) is 146 Å². The van der Waals surface area contributed by atoms with Crippen LogP contribution in [0, 0.1) is 0 Å². The summed E-state index contributed by atoms with van der Waals surface area (Å²) in [6, 6.07) is 51.5. The lowest BCUT2D eigenvalue weighted by atomic mass is 10.1. The van der Waals surface area contributed by atoms with E-state index in [2.05, 4.69) is 150 Å². The Morgan fingerprint density at radius 1 is 0.404 bits per heavy atom. The Kier molecular flexibility index (Phi) is 5.88. The number of aromatic nitrogens is 4. The fraction of sp³-hybridized carbons (Fsp3) is 0. The normalized spacial score (nSPS) is 11.8. The number of rotatable bonds is 4. The second-order valence-corrected chi connectivity index (χ2v) is 13.9. The molecule has 0 amide bonds. The lowest BCUT2D eigenvalue weighted by Crippen LogP contribution is -1.99. The Labute approximate surface area is 277 Å². The third kappa shape index (κ3) is 4.30. The van der Waals surface area contributed by atoms with Crippen molar-refractivity contribution in [1.82, 2.24) is 19.5 Å². The van der Waals surface area contributed by atoms with Crippen LogP contribution in [0.3, 0.4) is 0 Å². The Hall–Kier alpha value is -5.69. The summed E-state index contributed by atoms with van der Waals surface area (Å²) >= 11 is 3.52. The molecular weight excluding hydrogens is 613 g/mol. The molecule has 0 aliphatic heterocycles. The molecule has 220 valence electrons. The van der Waals surface area contributed by atoms with Crippen LogP contribution in [0.15, 0.2) is 146 Å². The molecule has 0 spiro atoms. The van der Waals surface area contributed by atoms with Crippen LogP contribution in [0.4, 0.5) is 0 Å². The molecule has 0 saturated heterocycles. The topological polar surface area (TPSA) is 43.6 Å². The average Bonchev–Trinajstić information content (AvgIpc) is 3.83. The van der Waals surface area contributed by atoms with Crippen LogP contribution >= 0.6 is 22.7 Å². The molecule has 6 heteroatoms. The maximum atomic E-state index is 5.15. The summed E-state index contributed by atoms with van der Waals surface area (Å²) in [6.45, 7) is 0. The van der Waals surface area contributed by atoms with Gasteiger partial charge in [-0.25, -0.2) is 15.0 Å². The standard InChI is InChI=1S/C41H24N4S2/c1-2-11-28(12-3-1)45-33-15-7-5-13-29(33)32-22-26(19-21-34(32)45)39-42-40(44-41(43-39)38-23-25-10-4-8-16-35(25)46-38)27-18-20-31-30-14-6-9-17-36(30)47-37(31)24-27/h1-24H. The quantitative estimate of drug-likeness (QED) is 0.193. The van der Waals surface area contributed by atoms with Gasteiger partial charge >= 0.3 is 0 Å². The van der Waals surface area contributed by atoms with E-state index in [9.17, 15) is 0 Å². The van der Waals surface area contributed by atoms with Gasteiger partial charge in [0.15, 0.2) is 17.5 Å². The first kappa shape index (κ1) is 26.5. The van der Waals surface area contributed by atoms with E-state index in [1.165, 1.54) is 46.5 Å². The minimum absolute atomic E-state index is 0.664. The molecule has 6 aromatic carbocycles. The van der Waals surface area contributed by atoms with Crippen molar-refractivity contribution in [2.24, 2.45) is 0 Å². The molecule has 10 rings (SSSR count).